The molecule has 0 fully saturated rings. The van der Waals surface area contributed by atoms with Crippen molar-refractivity contribution in [3.8, 4) is 0 Å². The first-order chi connectivity index (χ1) is 32.4. The third kappa shape index (κ3) is 49.0. The highest BCUT2D eigenvalue weighted by Crippen LogP contribution is 2.38. The zero-order valence-electron chi connectivity index (χ0n) is 44.9. The summed E-state index contributed by atoms with van der Waals surface area (Å²) in [5.41, 5.74) is 0. The molecule has 9 nitrogen and oxygen atoms in total. The Morgan fingerprint density at radius 1 is 0.522 bits per heavy atom. The van der Waals surface area contributed by atoms with E-state index in [1.807, 2.05) is 39.4 Å². The van der Waals surface area contributed by atoms with Crippen LogP contribution in [-0.2, 0) is 27.9 Å². The van der Waals surface area contributed by atoms with E-state index in [4.69, 9.17) is 13.8 Å². The van der Waals surface area contributed by atoms with Crippen LogP contribution in [0.2, 0.25) is 0 Å². The van der Waals surface area contributed by atoms with Crippen LogP contribution in [0.1, 0.15) is 265 Å². The lowest BCUT2D eigenvalue weighted by atomic mass is 10.0. The number of likely N-dealkylation sites (N-methyl/N-ethyl adjacent to an activating group) is 1. The smallest absolute Gasteiger partial charge is 0.306 e. The van der Waals surface area contributed by atoms with Crippen LogP contribution in [0.5, 0.6) is 0 Å². The Labute approximate surface area is 415 Å². The van der Waals surface area contributed by atoms with Crippen LogP contribution >= 0.6 is 7.82 Å². The first kappa shape index (κ1) is 65.2. The molecule has 0 spiro atoms. The molecule has 0 radical (unpaired) electrons. The van der Waals surface area contributed by atoms with Gasteiger partial charge in [-0.2, -0.15) is 0 Å². The number of nitrogens with zero attached hydrogens (tertiary/aromatic N) is 1. The number of ether oxygens (including phenoxy) is 1. The number of amides is 1. The van der Waals surface area contributed by atoms with Crippen molar-refractivity contribution >= 4 is 19.7 Å². The molecule has 67 heavy (non-hydrogen) atoms. The quantitative estimate of drug-likeness (QED) is 0.0212. The Balaban J connectivity index is 5.40. The number of carbonyl (C=O) groups is 2. The van der Waals surface area contributed by atoms with E-state index in [1.54, 1.807) is 0 Å². The van der Waals surface area contributed by atoms with Gasteiger partial charge in [0.25, 0.3) is 7.82 Å². The van der Waals surface area contributed by atoms with Crippen molar-refractivity contribution in [3.05, 3.63) is 36.5 Å². The Kier molecular flexibility index (Phi) is 46.6. The molecular weight excluding hydrogens is 856 g/mol. The number of unbranched alkanes of at least 4 members (excludes halogenated alkanes) is 31. The summed E-state index contributed by atoms with van der Waals surface area (Å²) in [6, 6.07) is -0.905. The van der Waals surface area contributed by atoms with Crippen LogP contribution < -0.4 is 10.2 Å². The Morgan fingerprint density at radius 3 is 1.37 bits per heavy atom. The predicted molar refractivity (Wildman–Crippen MR) is 284 cm³/mol. The van der Waals surface area contributed by atoms with Gasteiger partial charge >= 0.3 is 5.97 Å². The molecule has 0 saturated carbocycles. The zero-order chi connectivity index (χ0) is 49.4. The van der Waals surface area contributed by atoms with Crippen molar-refractivity contribution in [2.24, 2.45) is 0 Å². The van der Waals surface area contributed by atoms with E-state index in [0.717, 1.165) is 51.4 Å². The fraction of sp³-hybridized carbons (Fsp3) is 0.860. The number of phosphoric ester groups is 1. The average Bonchev–Trinajstić information content (AvgIpc) is 3.28. The SMILES string of the molecule is CCCCCCCC/C=C\C/C=C/CCC(=O)OC(/C=C/CCCCCCCCCCCC)C(COP(=O)([O-])OCC[N+](C)(C)C)NC(=O)CCCCCCCCCCCCCCCCCC. The highest BCUT2D eigenvalue weighted by atomic mass is 31.2. The fourth-order valence-electron chi connectivity index (χ4n) is 8.16. The molecule has 0 saturated heterocycles. The van der Waals surface area contributed by atoms with Crippen molar-refractivity contribution in [1.29, 1.82) is 0 Å². The van der Waals surface area contributed by atoms with Gasteiger partial charge in [0, 0.05) is 12.8 Å². The summed E-state index contributed by atoms with van der Waals surface area (Å²) >= 11 is 0. The average molecular weight is 965 g/mol. The van der Waals surface area contributed by atoms with Crippen LogP contribution in [0.3, 0.4) is 0 Å². The Bertz CT molecular complexity index is 1250. The standard InChI is InChI=1S/C57H109N2O7P/c1-7-10-13-16-19-22-25-28-29-30-32-34-37-40-43-46-49-56(60)58-54(53-65-67(62,63)64-52-51-59(4,5)6)55(48-45-42-39-36-33-27-24-21-18-15-12-9-3)66-57(61)50-47-44-41-38-35-31-26-23-20-17-14-11-8-2/h31,35,41,44-45,48,54-55H,7-30,32-34,36-40,42-43,46-47,49-53H2,1-6H3,(H-,58,60,62,63)/b35-31-,44-41+,48-45+. The summed E-state index contributed by atoms with van der Waals surface area (Å²) in [4.78, 5) is 39.7. The van der Waals surface area contributed by atoms with Crippen LogP contribution in [0.4, 0.5) is 0 Å². The fourth-order valence-corrected chi connectivity index (χ4v) is 8.89. The number of nitrogens with one attached hydrogen (secondary N) is 1. The Morgan fingerprint density at radius 2 is 0.925 bits per heavy atom. The van der Waals surface area contributed by atoms with Crippen LogP contribution in [0.25, 0.3) is 0 Å². The molecule has 1 N–H and O–H groups in total. The number of esters is 1. The maximum absolute atomic E-state index is 13.5. The van der Waals surface area contributed by atoms with Crippen molar-refractivity contribution in [3.63, 3.8) is 0 Å². The minimum Gasteiger partial charge on any atom is -0.756 e. The van der Waals surface area contributed by atoms with E-state index in [9.17, 15) is 19.0 Å². The number of allylic oxidation sites excluding steroid dienone is 5. The minimum atomic E-state index is -4.70. The minimum absolute atomic E-state index is 0.0276. The number of rotatable bonds is 51. The number of quaternary nitrogens is 1. The third-order valence-electron chi connectivity index (χ3n) is 12.6. The second-order valence-electron chi connectivity index (χ2n) is 20.4. The molecule has 10 heteroatoms. The monoisotopic (exact) mass is 965 g/mol. The Hall–Kier alpha value is -1.77. The normalized spacial score (nSPS) is 14.1. The largest absolute Gasteiger partial charge is 0.756 e. The summed E-state index contributed by atoms with van der Waals surface area (Å²) in [6.45, 7) is 6.81. The molecule has 0 bridgehead atoms. The van der Waals surface area contributed by atoms with Gasteiger partial charge in [0.1, 0.15) is 19.3 Å². The first-order valence-electron chi connectivity index (χ1n) is 28.3. The molecule has 0 aliphatic heterocycles. The predicted octanol–water partition coefficient (Wildman–Crippen LogP) is 16.1. The molecule has 0 aliphatic carbocycles. The van der Waals surface area contributed by atoms with Gasteiger partial charge in [0.15, 0.2) is 0 Å². The summed E-state index contributed by atoms with van der Waals surface area (Å²) < 4.78 is 30.1. The molecule has 0 aliphatic rings. The highest BCUT2D eigenvalue weighted by Gasteiger charge is 2.27. The van der Waals surface area contributed by atoms with E-state index < -0.39 is 32.5 Å². The molecule has 0 aromatic heterocycles. The topological polar surface area (TPSA) is 114 Å². The molecule has 394 valence electrons. The first-order valence-corrected chi connectivity index (χ1v) is 29.8. The summed E-state index contributed by atoms with van der Waals surface area (Å²) in [6.07, 6.45) is 55.5. The maximum atomic E-state index is 13.5. The zero-order valence-corrected chi connectivity index (χ0v) is 45.8. The van der Waals surface area contributed by atoms with Gasteiger partial charge in [-0.3, -0.25) is 14.2 Å². The van der Waals surface area contributed by atoms with E-state index >= 15 is 0 Å². The van der Waals surface area contributed by atoms with Crippen molar-refractivity contribution in [1.82, 2.24) is 5.32 Å². The molecule has 0 aromatic rings. The van der Waals surface area contributed by atoms with Gasteiger partial charge in [-0.25, -0.2) is 0 Å². The van der Waals surface area contributed by atoms with Crippen LogP contribution in [0.15, 0.2) is 36.5 Å². The number of hydrogen-bond donors (Lipinski definition) is 1. The summed E-state index contributed by atoms with van der Waals surface area (Å²) in [7, 11) is 1.17. The van der Waals surface area contributed by atoms with Gasteiger partial charge < -0.3 is 28.5 Å². The van der Waals surface area contributed by atoms with E-state index in [0.29, 0.717) is 23.9 Å². The van der Waals surface area contributed by atoms with E-state index in [-0.39, 0.29) is 18.9 Å². The number of phosphoric acid groups is 1. The lowest BCUT2D eigenvalue weighted by Crippen LogP contribution is -2.47. The highest BCUT2D eigenvalue weighted by molar-refractivity contribution is 7.45. The van der Waals surface area contributed by atoms with Gasteiger partial charge in [-0.05, 0) is 51.0 Å². The second kappa shape index (κ2) is 47.9. The molecule has 0 rings (SSSR count). The number of carbonyl (C=O) groups excluding carboxylic acids is 2. The van der Waals surface area contributed by atoms with Crippen molar-refractivity contribution in [2.75, 3.05) is 40.9 Å². The second-order valence-corrected chi connectivity index (χ2v) is 21.9. The van der Waals surface area contributed by atoms with Gasteiger partial charge in [0.2, 0.25) is 5.91 Å². The van der Waals surface area contributed by atoms with Crippen LogP contribution in [-0.4, -0.2) is 69.4 Å². The van der Waals surface area contributed by atoms with E-state index in [2.05, 4.69) is 44.3 Å². The third-order valence-corrected chi connectivity index (χ3v) is 13.6. The molecular formula is C57H109N2O7P. The van der Waals surface area contributed by atoms with Crippen molar-refractivity contribution < 1.29 is 37.3 Å². The lowest BCUT2D eigenvalue weighted by Gasteiger charge is -2.30. The maximum Gasteiger partial charge on any atom is 0.306 e. The number of hydrogen-bond acceptors (Lipinski definition) is 7. The lowest BCUT2D eigenvalue weighted by molar-refractivity contribution is -0.870. The van der Waals surface area contributed by atoms with Gasteiger partial charge in [-0.15, -0.1) is 0 Å². The van der Waals surface area contributed by atoms with Crippen molar-refractivity contribution in [2.45, 2.75) is 277 Å². The van der Waals surface area contributed by atoms with Crippen LogP contribution in [0, 0.1) is 0 Å². The summed E-state index contributed by atoms with van der Waals surface area (Å²) in [5, 5.41) is 3.01. The van der Waals surface area contributed by atoms with Gasteiger partial charge in [0.05, 0.1) is 33.8 Å². The summed E-state index contributed by atoms with van der Waals surface area (Å²) in [5.74, 6) is -0.610. The molecule has 0 heterocycles. The molecule has 1 amide bonds. The molecule has 3 atom stereocenters. The van der Waals surface area contributed by atoms with Gasteiger partial charge in [-0.1, -0.05) is 237 Å². The van der Waals surface area contributed by atoms with E-state index in [1.165, 1.54) is 173 Å². The molecule has 3 unspecified atom stereocenters. The molecule has 0 aromatic carbocycles.